The maximum absolute atomic E-state index is 11.2. The number of aryl methyl sites for hydroxylation is 1. The molecule has 29 heavy (non-hydrogen) atoms. The summed E-state index contributed by atoms with van der Waals surface area (Å²) in [6.07, 6.45) is 0. The molecule has 0 aliphatic carbocycles. The number of nitrogens with zero attached hydrogens (tertiary/aromatic N) is 6. The number of benzene rings is 2. The molecule has 1 fully saturated rings. The van der Waals surface area contributed by atoms with Gasteiger partial charge in [0, 0.05) is 49.0 Å². The van der Waals surface area contributed by atoms with E-state index in [9.17, 15) is 10.1 Å². The largest absolute Gasteiger partial charge is 0.367 e. The SMILES string of the molecule is Cc1cc(N2CCN(c3ccc([N+](=O)[O-])c4nonc34)CC2)c2ccccc2n1. The Kier molecular flexibility index (Phi) is 4.01. The Morgan fingerprint density at radius 3 is 2.41 bits per heavy atom. The van der Waals surface area contributed by atoms with Crippen molar-refractivity contribution in [3.8, 4) is 0 Å². The van der Waals surface area contributed by atoms with Crippen molar-refractivity contribution in [1.29, 1.82) is 0 Å². The molecule has 0 bridgehead atoms. The lowest BCUT2D eigenvalue weighted by atomic mass is 10.1. The van der Waals surface area contributed by atoms with Crippen molar-refractivity contribution in [2.75, 3.05) is 36.0 Å². The van der Waals surface area contributed by atoms with E-state index in [2.05, 4.69) is 37.2 Å². The molecule has 0 atom stereocenters. The van der Waals surface area contributed by atoms with Gasteiger partial charge in [-0.1, -0.05) is 18.2 Å². The fourth-order valence-corrected chi connectivity index (χ4v) is 3.98. The highest BCUT2D eigenvalue weighted by molar-refractivity contribution is 5.94. The minimum absolute atomic E-state index is 0.0950. The summed E-state index contributed by atoms with van der Waals surface area (Å²) < 4.78 is 4.79. The Balaban J connectivity index is 1.43. The number of nitro groups is 1. The Morgan fingerprint density at radius 2 is 1.66 bits per heavy atom. The van der Waals surface area contributed by atoms with Crippen LogP contribution in [0.1, 0.15) is 5.69 Å². The molecular formula is C20H18N6O3. The minimum Gasteiger partial charge on any atom is -0.367 e. The lowest BCUT2D eigenvalue weighted by molar-refractivity contribution is -0.383. The van der Waals surface area contributed by atoms with Gasteiger partial charge in [0.2, 0.25) is 5.52 Å². The van der Waals surface area contributed by atoms with Crippen molar-refractivity contribution in [3.63, 3.8) is 0 Å². The standard InChI is InChI=1S/C20H18N6O3/c1-13-12-18(14-4-2-3-5-15(14)21-13)25-10-8-24(9-11-25)16-6-7-17(26(27)28)20-19(16)22-29-23-20/h2-7,12H,8-11H2,1H3. The first kappa shape index (κ1) is 17.4. The Bertz CT molecular complexity index is 1230. The van der Waals surface area contributed by atoms with Crippen LogP contribution >= 0.6 is 0 Å². The number of para-hydroxylation sites is 1. The minimum atomic E-state index is -0.467. The van der Waals surface area contributed by atoms with Crippen LogP contribution < -0.4 is 9.80 Å². The van der Waals surface area contributed by atoms with Gasteiger partial charge in [0.1, 0.15) is 0 Å². The van der Waals surface area contributed by atoms with Crippen molar-refractivity contribution in [3.05, 3.63) is 58.3 Å². The number of pyridine rings is 1. The summed E-state index contributed by atoms with van der Waals surface area (Å²) in [5.74, 6) is 0. The van der Waals surface area contributed by atoms with Gasteiger partial charge in [-0.25, -0.2) is 4.63 Å². The van der Waals surface area contributed by atoms with Gasteiger partial charge in [-0.15, -0.1) is 0 Å². The van der Waals surface area contributed by atoms with E-state index in [1.807, 2.05) is 25.1 Å². The zero-order chi connectivity index (χ0) is 20.0. The Morgan fingerprint density at radius 1 is 0.966 bits per heavy atom. The molecule has 3 heterocycles. The topological polar surface area (TPSA) is 101 Å². The molecule has 2 aromatic carbocycles. The zero-order valence-electron chi connectivity index (χ0n) is 15.8. The third-order valence-electron chi connectivity index (χ3n) is 5.35. The fourth-order valence-electron chi connectivity index (χ4n) is 3.98. The van der Waals surface area contributed by atoms with Crippen LogP contribution in [0.4, 0.5) is 17.1 Å². The molecule has 1 aliphatic rings. The molecule has 0 amide bonds. The van der Waals surface area contributed by atoms with Gasteiger partial charge in [-0.3, -0.25) is 15.1 Å². The van der Waals surface area contributed by atoms with E-state index in [0.717, 1.165) is 48.5 Å². The van der Waals surface area contributed by atoms with Gasteiger partial charge in [0.15, 0.2) is 5.52 Å². The number of non-ortho nitro benzene ring substituents is 1. The highest BCUT2D eigenvalue weighted by atomic mass is 16.6. The van der Waals surface area contributed by atoms with Crippen LogP contribution in [-0.4, -0.2) is 46.4 Å². The van der Waals surface area contributed by atoms with E-state index in [-0.39, 0.29) is 11.2 Å². The molecule has 146 valence electrons. The summed E-state index contributed by atoms with van der Waals surface area (Å²) >= 11 is 0. The lowest BCUT2D eigenvalue weighted by Crippen LogP contribution is -2.46. The first-order valence-electron chi connectivity index (χ1n) is 9.38. The summed E-state index contributed by atoms with van der Waals surface area (Å²) in [6.45, 7) is 5.16. The average molecular weight is 390 g/mol. The normalized spacial score (nSPS) is 14.7. The number of hydrogen-bond donors (Lipinski definition) is 0. The third-order valence-corrected chi connectivity index (χ3v) is 5.35. The van der Waals surface area contributed by atoms with Crippen molar-refractivity contribution in [2.45, 2.75) is 6.92 Å². The summed E-state index contributed by atoms with van der Waals surface area (Å²) in [5.41, 5.74) is 4.50. The second kappa shape index (κ2) is 6.69. The number of hydrogen-bond acceptors (Lipinski definition) is 8. The maximum atomic E-state index is 11.2. The van der Waals surface area contributed by atoms with Gasteiger partial charge < -0.3 is 9.80 Å². The number of nitro benzene ring substituents is 1. The van der Waals surface area contributed by atoms with Gasteiger partial charge in [0.25, 0.3) is 0 Å². The molecule has 5 rings (SSSR count). The smallest absolute Gasteiger partial charge is 0.300 e. The number of anilines is 2. The Hall–Kier alpha value is -3.75. The summed E-state index contributed by atoms with van der Waals surface area (Å²) in [7, 11) is 0. The quantitative estimate of drug-likeness (QED) is 0.388. The van der Waals surface area contributed by atoms with Gasteiger partial charge in [-0.05, 0) is 35.4 Å². The summed E-state index contributed by atoms with van der Waals surface area (Å²) in [6, 6.07) is 13.5. The number of piperazine rings is 1. The highest BCUT2D eigenvalue weighted by Gasteiger charge is 2.25. The second-order valence-corrected chi connectivity index (χ2v) is 7.10. The molecule has 9 nitrogen and oxygen atoms in total. The molecule has 1 aliphatic heterocycles. The molecule has 9 heteroatoms. The Labute approximate surface area is 165 Å². The average Bonchev–Trinajstić information content (AvgIpc) is 3.22. The van der Waals surface area contributed by atoms with Gasteiger partial charge in [-0.2, -0.15) is 0 Å². The molecule has 1 saturated heterocycles. The third kappa shape index (κ3) is 2.91. The van der Waals surface area contributed by atoms with E-state index in [1.165, 1.54) is 11.8 Å². The van der Waals surface area contributed by atoms with Crippen LogP contribution in [0, 0.1) is 17.0 Å². The fraction of sp³-hybridized carbons (Fsp3) is 0.250. The van der Waals surface area contributed by atoms with E-state index in [0.29, 0.717) is 5.52 Å². The number of aromatic nitrogens is 3. The van der Waals surface area contributed by atoms with Crippen LogP contribution in [0.5, 0.6) is 0 Å². The molecule has 0 N–H and O–H groups in total. The highest BCUT2D eigenvalue weighted by Crippen LogP contribution is 2.33. The van der Waals surface area contributed by atoms with E-state index in [4.69, 9.17) is 4.63 Å². The van der Waals surface area contributed by atoms with E-state index < -0.39 is 4.92 Å². The molecule has 0 radical (unpaired) electrons. The maximum Gasteiger partial charge on any atom is 0.300 e. The number of fused-ring (bicyclic) bond motifs is 2. The van der Waals surface area contributed by atoms with E-state index >= 15 is 0 Å². The second-order valence-electron chi connectivity index (χ2n) is 7.10. The van der Waals surface area contributed by atoms with Crippen molar-refractivity contribution in [2.24, 2.45) is 0 Å². The number of rotatable bonds is 3. The molecule has 2 aromatic heterocycles. The first-order chi connectivity index (χ1) is 14.1. The van der Waals surface area contributed by atoms with Crippen LogP contribution in [0.3, 0.4) is 0 Å². The van der Waals surface area contributed by atoms with Gasteiger partial charge >= 0.3 is 5.69 Å². The zero-order valence-corrected chi connectivity index (χ0v) is 15.8. The molecule has 4 aromatic rings. The van der Waals surface area contributed by atoms with Crippen molar-refractivity contribution in [1.82, 2.24) is 15.3 Å². The summed E-state index contributed by atoms with van der Waals surface area (Å²) in [5, 5.41) is 20.0. The van der Waals surface area contributed by atoms with Crippen molar-refractivity contribution >= 4 is 39.0 Å². The van der Waals surface area contributed by atoms with Gasteiger partial charge in [0.05, 0.1) is 16.1 Å². The summed E-state index contributed by atoms with van der Waals surface area (Å²) in [4.78, 5) is 19.9. The molecule has 0 saturated carbocycles. The van der Waals surface area contributed by atoms with E-state index in [1.54, 1.807) is 6.07 Å². The molecular weight excluding hydrogens is 372 g/mol. The van der Waals surface area contributed by atoms with Crippen LogP contribution in [0.25, 0.3) is 21.9 Å². The monoisotopic (exact) mass is 390 g/mol. The lowest BCUT2D eigenvalue weighted by Gasteiger charge is -2.37. The first-order valence-corrected chi connectivity index (χ1v) is 9.38. The van der Waals surface area contributed by atoms with Crippen LogP contribution in [0.15, 0.2) is 47.1 Å². The van der Waals surface area contributed by atoms with Crippen molar-refractivity contribution < 1.29 is 9.55 Å². The predicted octanol–water partition coefficient (Wildman–Crippen LogP) is 3.31. The predicted molar refractivity (Wildman–Crippen MR) is 109 cm³/mol. The molecule has 0 unspecified atom stereocenters. The van der Waals surface area contributed by atoms with Crippen LogP contribution in [-0.2, 0) is 0 Å². The molecule has 0 spiro atoms. The van der Waals surface area contributed by atoms with Crippen LogP contribution in [0.2, 0.25) is 0 Å².